The van der Waals surface area contributed by atoms with E-state index < -0.39 is 0 Å². The topological polar surface area (TPSA) is 17.8 Å². The molecule has 2 rings (SSSR count). The van der Waals surface area contributed by atoms with E-state index in [1.807, 2.05) is 18.7 Å². The molecule has 0 saturated carbocycles. The lowest BCUT2D eigenvalue weighted by molar-refractivity contribution is 0.803. The molecule has 2 aromatic rings. The first-order valence-electron chi connectivity index (χ1n) is 6.32. The smallest absolute Gasteiger partial charge is 0.0991 e. The van der Waals surface area contributed by atoms with Crippen LogP contribution in [0.25, 0.3) is 5.69 Å². The van der Waals surface area contributed by atoms with Gasteiger partial charge in [0.25, 0.3) is 0 Å². The number of rotatable bonds is 3. The normalized spacial score (nSPS) is 11.5. The van der Waals surface area contributed by atoms with E-state index in [0.29, 0.717) is 11.8 Å². The number of benzene rings is 1. The van der Waals surface area contributed by atoms with Gasteiger partial charge in [0.15, 0.2) is 0 Å². The van der Waals surface area contributed by atoms with E-state index in [9.17, 15) is 0 Å². The molecule has 1 aromatic heterocycles. The molecule has 0 aliphatic heterocycles. The monoisotopic (exact) mass is 306 g/mol. The second kappa shape index (κ2) is 5.27. The van der Waals surface area contributed by atoms with Crippen molar-refractivity contribution in [2.45, 2.75) is 39.5 Å². The van der Waals surface area contributed by atoms with Crippen molar-refractivity contribution < 1.29 is 0 Å². The fourth-order valence-corrected chi connectivity index (χ4v) is 2.71. The van der Waals surface area contributed by atoms with E-state index in [1.165, 1.54) is 16.8 Å². The SMILES string of the molecule is CC(C)c1cc(Br)cc(C(C)C)c1-n1ccnc1. The van der Waals surface area contributed by atoms with Crippen molar-refractivity contribution in [3.63, 3.8) is 0 Å². The number of nitrogens with zero attached hydrogens (tertiary/aromatic N) is 2. The first-order chi connectivity index (χ1) is 8.50. The zero-order valence-corrected chi connectivity index (χ0v) is 12.9. The lowest BCUT2D eigenvalue weighted by Gasteiger charge is -2.20. The molecule has 3 heteroatoms. The van der Waals surface area contributed by atoms with E-state index in [2.05, 4.69) is 65.3 Å². The van der Waals surface area contributed by atoms with Crippen LogP contribution in [0.1, 0.15) is 50.7 Å². The lowest BCUT2D eigenvalue weighted by Crippen LogP contribution is -2.06. The second-order valence-corrected chi connectivity index (χ2v) is 6.13. The summed E-state index contributed by atoms with van der Waals surface area (Å²) < 4.78 is 3.27. The number of halogens is 1. The van der Waals surface area contributed by atoms with E-state index >= 15 is 0 Å². The molecule has 0 atom stereocenters. The number of hydrogen-bond acceptors (Lipinski definition) is 1. The van der Waals surface area contributed by atoms with Crippen molar-refractivity contribution in [1.29, 1.82) is 0 Å². The Kier molecular flexibility index (Phi) is 3.91. The van der Waals surface area contributed by atoms with Crippen molar-refractivity contribution >= 4 is 15.9 Å². The molecule has 0 fully saturated rings. The van der Waals surface area contributed by atoms with Gasteiger partial charge in [0.1, 0.15) is 0 Å². The Bertz CT molecular complexity index is 498. The van der Waals surface area contributed by atoms with Crippen LogP contribution in [-0.4, -0.2) is 9.55 Å². The largest absolute Gasteiger partial charge is 0.306 e. The molecule has 0 aliphatic rings. The zero-order chi connectivity index (χ0) is 13.3. The molecule has 0 unspecified atom stereocenters. The molecule has 1 aromatic carbocycles. The maximum Gasteiger partial charge on any atom is 0.0991 e. The van der Waals surface area contributed by atoms with E-state index in [0.717, 1.165) is 4.47 Å². The molecule has 0 radical (unpaired) electrons. The third-order valence-electron chi connectivity index (χ3n) is 3.14. The van der Waals surface area contributed by atoms with E-state index in [4.69, 9.17) is 0 Å². The van der Waals surface area contributed by atoms with E-state index in [1.54, 1.807) is 0 Å². The summed E-state index contributed by atoms with van der Waals surface area (Å²) in [6.45, 7) is 8.91. The maximum absolute atomic E-state index is 4.17. The van der Waals surface area contributed by atoms with Gasteiger partial charge in [0.05, 0.1) is 12.0 Å². The van der Waals surface area contributed by atoms with Gasteiger partial charge >= 0.3 is 0 Å². The summed E-state index contributed by atoms with van der Waals surface area (Å²) in [6.07, 6.45) is 5.72. The third-order valence-corrected chi connectivity index (χ3v) is 3.60. The first kappa shape index (κ1) is 13.3. The van der Waals surface area contributed by atoms with Gasteiger partial charge in [-0.05, 0) is 35.1 Å². The van der Waals surface area contributed by atoms with Gasteiger partial charge in [0.2, 0.25) is 0 Å². The Morgan fingerprint density at radius 1 is 1.06 bits per heavy atom. The van der Waals surface area contributed by atoms with Crippen LogP contribution in [0.3, 0.4) is 0 Å². The summed E-state index contributed by atoms with van der Waals surface area (Å²) in [5, 5.41) is 0. The predicted molar refractivity (Wildman–Crippen MR) is 79.4 cm³/mol. The maximum atomic E-state index is 4.17. The predicted octanol–water partition coefficient (Wildman–Crippen LogP) is 4.88. The highest BCUT2D eigenvalue weighted by Gasteiger charge is 2.16. The lowest BCUT2D eigenvalue weighted by atomic mass is 9.92. The molecule has 18 heavy (non-hydrogen) atoms. The molecule has 96 valence electrons. The van der Waals surface area contributed by atoms with Gasteiger partial charge < -0.3 is 4.57 Å². The van der Waals surface area contributed by atoms with Gasteiger partial charge in [-0.2, -0.15) is 0 Å². The van der Waals surface area contributed by atoms with E-state index in [-0.39, 0.29) is 0 Å². The average Bonchev–Trinajstić information content (AvgIpc) is 2.80. The molecular formula is C15H19BrN2. The summed E-state index contributed by atoms with van der Waals surface area (Å²) in [5.74, 6) is 0.967. The Hall–Kier alpha value is -1.09. The Morgan fingerprint density at radius 3 is 2.00 bits per heavy atom. The number of imidazole rings is 1. The summed E-state index contributed by atoms with van der Waals surface area (Å²) >= 11 is 3.62. The van der Waals surface area contributed by atoms with Crippen LogP contribution in [0, 0.1) is 0 Å². The van der Waals surface area contributed by atoms with Crippen LogP contribution in [-0.2, 0) is 0 Å². The minimum absolute atomic E-state index is 0.484. The third kappa shape index (κ3) is 2.51. The second-order valence-electron chi connectivity index (χ2n) is 5.21. The van der Waals surface area contributed by atoms with Crippen LogP contribution in [0.4, 0.5) is 0 Å². The van der Waals surface area contributed by atoms with Gasteiger partial charge in [-0.25, -0.2) is 4.98 Å². The molecule has 0 bridgehead atoms. The summed E-state index contributed by atoms with van der Waals surface area (Å²) in [4.78, 5) is 4.17. The molecule has 0 aliphatic carbocycles. The zero-order valence-electron chi connectivity index (χ0n) is 11.3. The molecule has 2 nitrogen and oxygen atoms in total. The van der Waals surface area contributed by atoms with Gasteiger partial charge in [0, 0.05) is 16.9 Å². The number of hydrogen-bond donors (Lipinski definition) is 0. The minimum Gasteiger partial charge on any atom is -0.306 e. The van der Waals surface area contributed by atoms with Crippen molar-refractivity contribution in [1.82, 2.24) is 9.55 Å². The quantitative estimate of drug-likeness (QED) is 0.790. The average molecular weight is 307 g/mol. The fourth-order valence-electron chi connectivity index (χ4n) is 2.21. The molecule has 0 spiro atoms. The standard InChI is InChI=1S/C15H19BrN2/c1-10(2)13-7-12(16)8-14(11(3)4)15(13)18-6-5-17-9-18/h5-11H,1-4H3. The van der Waals surface area contributed by atoms with Gasteiger partial charge in [-0.1, -0.05) is 43.6 Å². The Morgan fingerprint density at radius 2 is 1.61 bits per heavy atom. The Balaban J connectivity index is 2.73. The van der Waals surface area contributed by atoms with Crippen molar-refractivity contribution in [3.05, 3.63) is 46.5 Å². The van der Waals surface area contributed by atoms with Crippen molar-refractivity contribution in [2.75, 3.05) is 0 Å². The molecule has 0 saturated heterocycles. The molecular weight excluding hydrogens is 288 g/mol. The van der Waals surface area contributed by atoms with Crippen LogP contribution in [0.5, 0.6) is 0 Å². The highest BCUT2D eigenvalue weighted by Crippen LogP contribution is 2.33. The summed E-state index contributed by atoms with van der Waals surface area (Å²) in [6, 6.07) is 4.43. The van der Waals surface area contributed by atoms with Crippen LogP contribution >= 0.6 is 15.9 Å². The summed E-state index contributed by atoms with van der Waals surface area (Å²) in [7, 11) is 0. The van der Waals surface area contributed by atoms with Crippen LogP contribution in [0.15, 0.2) is 35.3 Å². The van der Waals surface area contributed by atoms with Crippen LogP contribution < -0.4 is 0 Å². The summed E-state index contributed by atoms with van der Waals surface area (Å²) in [5.41, 5.74) is 3.98. The Labute approximate surface area is 117 Å². The van der Waals surface area contributed by atoms with Crippen LogP contribution in [0.2, 0.25) is 0 Å². The molecule has 1 heterocycles. The first-order valence-corrected chi connectivity index (χ1v) is 7.11. The fraction of sp³-hybridized carbons (Fsp3) is 0.400. The highest BCUT2D eigenvalue weighted by molar-refractivity contribution is 9.10. The molecule has 0 N–H and O–H groups in total. The number of aromatic nitrogens is 2. The van der Waals surface area contributed by atoms with Crippen molar-refractivity contribution in [3.8, 4) is 5.69 Å². The van der Waals surface area contributed by atoms with Crippen molar-refractivity contribution in [2.24, 2.45) is 0 Å². The molecule has 0 amide bonds. The van der Waals surface area contributed by atoms with Gasteiger partial charge in [-0.15, -0.1) is 0 Å². The minimum atomic E-state index is 0.484. The highest BCUT2D eigenvalue weighted by atomic mass is 79.9. The van der Waals surface area contributed by atoms with Gasteiger partial charge in [-0.3, -0.25) is 0 Å².